The Morgan fingerprint density at radius 2 is 1.90 bits per heavy atom. The van der Waals surface area contributed by atoms with Gasteiger partial charge in [0.05, 0.1) is 4.90 Å². The Morgan fingerprint density at radius 1 is 1.30 bits per heavy atom. The summed E-state index contributed by atoms with van der Waals surface area (Å²) < 4.78 is 33.5. The zero-order chi connectivity index (χ0) is 22.7. The second-order valence-corrected chi connectivity index (χ2v) is 9.84. The molecule has 11 heteroatoms. The van der Waals surface area contributed by atoms with Crippen LogP contribution in [0.3, 0.4) is 0 Å². The Balaban J connectivity index is 2.02. The summed E-state index contributed by atoms with van der Waals surface area (Å²) in [4.78, 5) is 25.0. The molecular formula is C19H28N4O6S. The van der Waals surface area contributed by atoms with Crippen molar-refractivity contribution in [2.45, 2.75) is 50.7 Å². The van der Waals surface area contributed by atoms with Crippen LogP contribution in [-0.2, 0) is 19.6 Å². The molecule has 1 aromatic rings. The number of carbonyl (C=O) groups is 2. The van der Waals surface area contributed by atoms with Crippen LogP contribution in [0.25, 0.3) is 0 Å². The molecule has 0 aliphatic carbocycles. The van der Waals surface area contributed by atoms with Crippen LogP contribution in [0.15, 0.2) is 33.6 Å². The van der Waals surface area contributed by atoms with E-state index in [0.717, 1.165) is 10.5 Å². The fraction of sp³-hybridized carbons (Fsp3) is 0.526. The predicted molar refractivity (Wildman–Crippen MR) is 110 cm³/mol. The molecule has 2 rings (SSSR count). The molecule has 10 nitrogen and oxygen atoms in total. The Kier molecular flexibility index (Phi) is 6.96. The number of carbonyl (C=O) groups excluding carboxylic acids is 1. The van der Waals surface area contributed by atoms with E-state index in [4.69, 9.17) is 10.5 Å². The van der Waals surface area contributed by atoms with Gasteiger partial charge < -0.3 is 20.9 Å². The lowest BCUT2D eigenvalue weighted by molar-refractivity contribution is -0.142. The number of ether oxygens (including phenoxy) is 1. The number of sulfonamides is 1. The number of nitrogens with two attached hydrogens (primary N) is 1. The van der Waals surface area contributed by atoms with Gasteiger partial charge in [0, 0.05) is 13.1 Å². The van der Waals surface area contributed by atoms with Gasteiger partial charge in [-0.25, -0.2) is 9.59 Å². The monoisotopic (exact) mass is 440 g/mol. The summed E-state index contributed by atoms with van der Waals surface area (Å²) in [5.74, 6) is -1.71. The number of rotatable bonds is 5. The van der Waals surface area contributed by atoms with Crippen LogP contribution >= 0.6 is 0 Å². The topological polar surface area (TPSA) is 151 Å². The van der Waals surface area contributed by atoms with Gasteiger partial charge in [0.25, 0.3) is 10.0 Å². The maximum Gasteiger partial charge on any atom is 0.411 e. The Bertz CT molecular complexity index is 921. The number of nitrogens with zero attached hydrogens (tertiary/aromatic N) is 2. The average Bonchev–Trinajstić information content (AvgIpc) is 3.03. The van der Waals surface area contributed by atoms with Crippen molar-refractivity contribution in [2.75, 3.05) is 13.1 Å². The van der Waals surface area contributed by atoms with Crippen LogP contribution in [-0.4, -0.2) is 61.2 Å². The average molecular weight is 441 g/mol. The molecule has 1 aliphatic heterocycles. The normalized spacial score (nSPS) is 20.1. The number of hydrogen-bond acceptors (Lipinski definition) is 5. The molecule has 1 heterocycles. The van der Waals surface area contributed by atoms with Crippen LogP contribution in [0.4, 0.5) is 4.79 Å². The smallest absolute Gasteiger partial charge is 0.411 e. The van der Waals surface area contributed by atoms with Crippen LogP contribution in [0.5, 0.6) is 0 Å². The van der Waals surface area contributed by atoms with Gasteiger partial charge in [-0.1, -0.05) is 17.7 Å². The van der Waals surface area contributed by atoms with Crippen molar-refractivity contribution in [3.63, 3.8) is 0 Å². The minimum Gasteiger partial charge on any atom is -0.480 e. The van der Waals surface area contributed by atoms with Gasteiger partial charge in [-0.3, -0.25) is 4.90 Å². The van der Waals surface area contributed by atoms with E-state index in [1.165, 1.54) is 12.1 Å². The van der Waals surface area contributed by atoms with Crippen molar-refractivity contribution in [1.29, 1.82) is 0 Å². The number of guanidine groups is 1. The summed E-state index contributed by atoms with van der Waals surface area (Å²) in [5, 5.41) is 12.1. The van der Waals surface area contributed by atoms with Gasteiger partial charge in [-0.05, 0) is 52.2 Å². The molecule has 2 atom stereocenters. The molecule has 1 aromatic carbocycles. The number of nitrogens with one attached hydrogen (secondary N) is 1. The number of aliphatic carboxylic acids is 1. The number of amides is 1. The van der Waals surface area contributed by atoms with E-state index in [9.17, 15) is 23.1 Å². The summed E-state index contributed by atoms with van der Waals surface area (Å²) >= 11 is 0. The van der Waals surface area contributed by atoms with Gasteiger partial charge in [-0.15, -0.1) is 4.40 Å². The molecule has 1 fully saturated rings. The first-order valence-electron chi connectivity index (χ1n) is 9.42. The van der Waals surface area contributed by atoms with Crippen LogP contribution in [0.1, 0.15) is 32.8 Å². The molecule has 4 N–H and O–H groups in total. The molecule has 1 amide bonds. The molecular weight excluding hydrogens is 412 g/mol. The van der Waals surface area contributed by atoms with Gasteiger partial charge >= 0.3 is 12.1 Å². The highest BCUT2D eigenvalue weighted by molar-refractivity contribution is 7.90. The zero-order valence-electron chi connectivity index (χ0n) is 17.5. The lowest BCUT2D eigenvalue weighted by atomic mass is 10.1. The highest BCUT2D eigenvalue weighted by Crippen LogP contribution is 2.25. The number of hydrogen-bond donors (Lipinski definition) is 3. The minimum atomic E-state index is -3.97. The molecule has 0 bridgehead atoms. The third-order valence-electron chi connectivity index (χ3n) is 4.41. The molecule has 0 unspecified atom stereocenters. The number of likely N-dealkylation sites (tertiary alicyclic amines) is 1. The van der Waals surface area contributed by atoms with Crippen molar-refractivity contribution < 1.29 is 27.9 Å². The first-order valence-corrected chi connectivity index (χ1v) is 10.9. The highest BCUT2D eigenvalue weighted by atomic mass is 32.2. The molecule has 1 saturated heterocycles. The third kappa shape index (κ3) is 6.34. The molecule has 1 aliphatic rings. The van der Waals surface area contributed by atoms with E-state index in [0.29, 0.717) is 0 Å². The van der Waals surface area contributed by atoms with Crippen molar-refractivity contribution in [2.24, 2.45) is 16.0 Å². The standard InChI is InChI=1S/C19H28N4O6S/c1-12-5-7-14(8-6-12)30(27,28)22-17(20)21-10-13-9-15(16(24)25)23(11-13)18(26)29-19(2,3)4/h5-8,13,15H,9-11H2,1-4H3,(H,24,25)(H3,20,21,22)/t13-,15-/m1/s1. The Hall–Kier alpha value is -2.82. The molecule has 0 aromatic heterocycles. The largest absolute Gasteiger partial charge is 0.480 e. The van der Waals surface area contributed by atoms with E-state index in [-0.39, 0.29) is 36.3 Å². The fourth-order valence-electron chi connectivity index (χ4n) is 3.00. The number of aryl methyl sites for hydroxylation is 1. The van der Waals surface area contributed by atoms with Crippen molar-refractivity contribution in [3.05, 3.63) is 29.8 Å². The third-order valence-corrected chi connectivity index (χ3v) is 5.71. The van der Waals surface area contributed by atoms with E-state index in [1.807, 2.05) is 6.92 Å². The van der Waals surface area contributed by atoms with E-state index in [1.54, 1.807) is 32.9 Å². The molecule has 166 valence electrons. The lowest BCUT2D eigenvalue weighted by Crippen LogP contribution is -2.43. The van der Waals surface area contributed by atoms with Crippen molar-refractivity contribution >= 4 is 28.0 Å². The predicted octanol–water partition coefficient (Wildman–Crippen LogP) is 1.30. The molecule has 0 radical (unpaired) electrons. The molecule has 0 saturated carbocycles. The van der Waals surface area contributed by atoms with Gasteiger partial charge in [-0.2, -0.15) is 8.42 Å². The van der Waals surface area contributed by atoms with Gasteiger partial charge in [0.2, 0.25) is 5.96 Å². The van der Waals surface area contributed by atoms with Gasteiger partial charge in [0.15, 0.2) is 0 Å². The van der Waals surface area contributed by atoms with Crippen molar-refractivity contribution in [1.82, 2.24) is 10.2 Å². The zero-order valence-corrected chi connectivity index (χ0v) is 18.3. The molecule has 0 spiro atoms. The van der Waals surface area contributed by atoms with Crippen LogP contribution in [0, 0.1) is 12.8 Å². The quantitative estimate of drug-likeness (QED) is 0.458. The minimum absolute atomic E-state index is 0.0146. The summed E-state index contributed by atoms with van der Waals surface area (Å²) in [7, 11) is -3.97. The fourth-order valence-corrected chi connectivity index (χ4v) is 3.91. The first-order chi connectivity index (χ1) is 13.8. The molecule has 30 heavy (non-hydrogen) atoms. The Morgan fingerprint density at radius 3 is 2.43 bits per heavy atom. The summed E-state index contributed by atoms with van der Waals surface area (Å²) in [6, 6.07) is 5.16. The van der Waals surface area contributed by atoms with Gasteiger partial charge in [0.1, 0.15) is 11.6 Å². The Labute approximate surface area is 176 Å². The second-order valence-electron chi connectivity index (χ2n) is 8.23. The first kappa shape index (κ1) is 23.5. The number of benzene rings is 1. The highest BCUT2D eigenvalue weighted by Gasteiger charge is 2.41. The van der Waals surface area contributed by atoms with E-state index in [2.05, 4.69) is 9.71 Å². The SMILES string of the molecule is Cc1ccc(S(=O)(=O)/N=C(\N)NC[C@H]2C[C@H](C(=O)O)N(C(=O)OC(C)(C)C)C2)cc1. The maximum absolute atomic E-state index is 12.3. The maximum atomic E-state index is 12.3. The lowest BCUT2D eigenvalue weighted by Gasteiger charge is -2.26. The number of carboxylic acid groups (broad SMARTS) is 1. The second kappa shape index (κ2) is 8.90. The summed E-state index contributed by atoms with van der Waals surface area (Å²) in [6.45, 7) is 7.21. The van der Waals surface area contributed by atoms with E-state index < -0.39 is 33.7 Å². The number of carboxylic acids is 1. The summed E-state index contributed by atoms with van der Waals surface area (Å²) in [5.41, 5.74) is 5.87. The van der Waals surface area contributed by atoms with Crippen molar-refractivity contribution in [3.8, 4) is 0 Å². The van der Waals surface area contributed by atoms with E-state index >= 15 is 0 Å². The van der Waals surface area contributed by atoms with Crippen LogP contribution in [0.2, 0.25) is 0 Å². The summed E-state index contributed by atoms with van der Waals surface area (Å²) in [6.07, 6.45) is -0.527. The van der Waals surface area contributed by atoms with Crippen LogP contribution < -0.4 is 11.1 Å².